The Morgan fingerprint density at radius 3 is 2.52 bits per heavy atom. The van der Waals surface area contributed by atoms with Crippen LogP contribution in [0.1, 0.15) is 15.9 Å². The van der Waals surface area contributed by atoms with Crippen LogP contribution in [0.2, 0.25) is 0 Å². The number of carbonyl (C=O) groups is 1. The highest BCUT2D eigenvalue weighted by atomic mass is 32.2. The minimum atomic E-state index is -5.03. The predicted molar refractivity (Wildman–Crippen MR) is 94.3 cm³/mol. The number of amides is 1. The van der Waals surface area contributed by atoms with Gasteiger partial charge in [0.15, 0.2) is 0 Å². The van der Waals surface area contributed by atoms with Gasteiger partial charge in [-0.2, -0.15) is 18.6 Å². The number of aliphatic hydroxyl groups is 1. The van der Waals surface area contributed by atoms with E-state index in [9.17, 15) is 30.8 Å². The summed E-state index contributed by atoms with van der Waals surface area (Å²) in [5, 5.41) is 8.77. The Bertz CT molecular complexity index is 971. The topological polar surface area (TPSA) is 112 Å². The SMILES string of the molecule is CS(=O)(=O)N(Cc1ccc(C(=O)NNC(O)C(F)(F)F)c(F)c1)c1cccnc1. The summed E-state index contributed by atoms with van der Waals surface area (Å²) in [5.74, 6) is -2.35. The summed E-state index contributed by atoms with van der Waals surface area (Å²) >= 11 is 0. The van der Waals surface area contributed by atoms with Crippen LogP contribution in [0.15, 0.2) is 42.7 Å². The van der Waals surface area contributed by atoms with E-state index >= 15 is 0 Å². The molecule has 0 spiro atoms. The van der Waals surface area contributed by atoms with E-state index < -0.39 is 39.7 Å². The van der Waals surface area contributed by atoms with E-state index in [0.717, 1.165) is 22.7 Å². The monoisotopic (exact) mass is 436 g/mol. The number of anilines is 1. The number of nitrogens with zero attached hydrogens (tertiary/aromatic N) is 2. The predicted octanol–water partition coefficient (Wildman–Crippen LogP) is 1.30. The molecule has 1 unspecified atom stereocenters. The van der Waals surface area contributed by atoms with E-state index in [0.29, 0.717) is 0 Å². The van der Waals surface area contributed by atoms with Crippen LogP contribution in [-0.2, 0) is 16.6 Å². The molecule has 0 aliphatic rings. The fraction of sp³-hybridized carbons (Fsp3) is 0.250. The minimum Gasteiger partial charge on any atom is -0.369 e. The number of aromatic nitrogens is 1. The quantitative estimate of drug-likeness (QED) is 0.343. The maximum Gasteiger partial charge on any atom is 0.429 e. The summed E-state index contributed by atoms with van der Waals surface area (Å²) in [6.07, 6.45) is -4.36. The van der Waals surface area contributed by atoms with Gasteiger partial charge in [0.25, 0.3) is 5.91 Å². The van der Waals surface area contributed by atoms with Crippen LogP contribution in [0.25, 0.3) is 0 Å². The largest absolute Gasteiger partial charge is 0.429 e. The number of hydrazine groups is 1. The van der Waals surface area contributed by atoms with E-state index in [1.807, 2.05) is 0 Å². The molecule has 1 aromatic heterocycles. The summed E-state index contributed by atoms with van der Waals surface area (Å²) in [6.45, 7) is -0.269. The van der Waals surface area contributed by atoms with Crippen LogP contribution in [-0.4, -0.2) is 43.1 Å². The van der Waals surface area contributed by atoms with Gasteiger partial charge in [-0.3, -0.25) is 19.5 Å². The zero-order chi connectivity index (χ0) is 21.8. The Balaban J connectivity index is 2.17. The number of hydrogen-bond donors (Lipinski definition) is 3. The van der Waals surface area contributed by atoms with Crippen molar-refractivity contribution in [3.05, 3.63) is 59.7 Å². The molecule has 1 heterocycles. The highest BCUT2D eigenvalue weighted by Crippen LogP contribution is 2.21. The molecule has 0 saturated heterocycles. The van der Waals surface area contributed by atoms with Gasteiger partial charge in [0.1, 0.15) is 5.82 Å². The highest BCUT2D eigenvalue weighted by Gasteiger charge is 2.38. The Hall–Kier alpha value is -2.77. The Kier molecular flexibility index (Phi) is 6.77. The lowest BCUT2D eigenvalue weighted by Gasteiger charge is -2.22. The first-order chi connectivity index (χ1) is 13.4. The molecule has 1 aromatic carbocycles. The molecule has 0 fully saturated rings. The summed E-state index contributed by atoms with van der Waals surface area (Å²) in [5.41, 5.74) is 2.66. The number of sulfonamides is 1. The summed E-state index contributed by atoms with van der Waals surface area (Å²) in [6, 6.07) is 6.11. The molecule has 0 aliphatic carbocycles. The summed E-state index contributed by atoms with van der Waals surface area (Å²) in [7, 11) is -3.74. The molecule has 0 bridgehead atoms. The number of carbonyl (C=O) groups excluding carboxylic acids is 1. The molecule has 8 nitrogen and oxygen atoms in total. The first kappa shape index (κ1) is 22.5. The van der Waals surface area contributed by atoms with Crippen molar-refractivity contribution in [2.45, 2.75) is 18.9 Å². The molecule has 2 aromatic rings. The average molecular weight is 436 g/mol. The first-order valence-electron chi connectivity index (χ1n) is 7.86. The minimum absolute atomic E-state index is 0.177. The molecular weight excluding hydrogens is 420 g/mol. The maximum absolute atomic E-state index is 14.3. The van der Waals surface area contributed by atoms with Crippen molar-refractivity contribution in [3.8, 4) is 0 Å². The van der Waals surface area contributed by atoms with Crippen molar-refractivity contribution < 1.29 is 35.9 Å². The van der Waals surface area contributed by atoms with E-state index in [1.165, 1.54) is 36.0 Å². The summed E-state index contributed by atoms with van der Waals surface area (Å²) in [4.78, 5) is 15.6. The average Bonchev–Trinajstić information content (AvgIpc) is 2.63. The zero-order valence-corrected chi connectivity index (χ0v) is 15.6. The van der Waals surface area contributed by atoms with Crippen LogP contribution in [0.5, 0.6) is 0 Å². The smallest absolute Gasteiger partial charge is 0.369 e. The van der Waals surface area contributed by atoms with Crippen molar-refractivity contribution >= 4 is 21.6 Å². The molecule has 29 heavy (non-hydrogen) atoms. The van der Waals surface area contributed by atoms with Gasteiger partial charge in [-0.1, -0.05) is 6.07 Å². The van der Waals surface area contributed by atoms with Crippen LogP contribution in [0, 0.1) is 5.82 Å². The fourth-order valence-electron chi connectivity index (χ4n) is 2.19. The van der Waals surface area contributed by atoms with Crippen molar-refractivity contribution in [1.82, 2.24) is 15.8 Å². The van der Waals surface area contributed by atoms with Crippen molar-refractivity contribution in [3.63, 3.8) is 0 Å². The lowest BCUT2D eigenvalue weighted by Crippen LogP contribution is -2.51. The molecule has 13 heteroatoms. The third kappa shape index (κ3) is 6.10. The normalized spacial score (nSPS) is 13.0. The van der Waals surface area contributed by atoms with Gasteiger partial charge in [0, 0.05) is 6.20 Å². The molecule has 0 aliphatic heterocycles. The number of rotatable bonds is 7. The molecule has 158 valence electrons. The van der Waals surface area contributed by atoms with Gasteiger partial charge in [0.05, 0.1) is 30.2 Å². The van der Waals surface area contributed by atoms with Gasteiger partial charge in [-0.15, -0.1) is 0 Å². The van der Waals surface area contributed by atoms with Crippen LogP contribution in [0.4, 0.5) is 23.2 Å². The third-order valence-electron chi connectivity index (χ3n) is 3.57. The van der Waals surface area contributed by atoms with Gasteiger partial charge >= 0.3 is 6.18 Å². The highest BCUT2D eigenvalue weighted by molar-refractivity contribution is 7.92. The molecule has 1 amide bonds. The van der Waals surface area contributed by atoms with Crippen molar-refractivity contribution in [2.24, 2.45) is 0 Å². The molecular formula is C16H16F4N4O4S. The molecule has 3 N–H and O–H groups in total. The molecule has 0 saturated carbocycles. The Morgan fingerprint density at radius 2 is 2.00 bits per heavy atom. The Morgan fingerprint density at radius 1 is 1.31 bits per heavy atom. The number of benzene rings is 1. The van der Waals surface area contributed by atoms with Gasteiger partial charge in [0.2, 0.25) is 16.3 Å². The molecule has 2 rings (SSSR count). The number of hydrogen-bond acceptors (Lipinski definition) is 6. The third-order valence-corrected chi connectivity index (χ3v) is 4.71. The second-order valence-electron chi connectivity index (χ2n) is 5.84. The molecule has 0 radical (unpaired) electrons. The van der Waals surface area contributed by atoms with E-state index in [1.54, 1.807) is 5.43 Å². The van der Waals surface area contributed by atoms with Crippen LogP contribution in [0.3, 0.4) is 0 Å². The van der Waals surface area contributed by atoms with Crippen LogP contribution < -0.4 is 15.2 Å². The second-order valence-corrected chi connectivity index (χ2v) is 7.74. The number of pyridine rings is 1. The van der Waals surface area contributed by atoms with Crippen molar-refractivity contribution in [2.75, 3.05) is 10.6 Å². The lowest BCUT2D eigenvalue weighted by atomic mass is 10.1. The van der Waals surface area contributed by atoms with Gasteiger partial charge in [-0.05, 0) is 29.8 Å². The number of aliphatic hydroxyl groups excluding tert-OH is 1. The summed E-state index contributed by atoms with van der Waals surface area (Å²) < 4.78 is 75.9. The van der Waals surface area contributed by atoms with Gasteiger partial charge in [-0.25, -0.2) is 12.8 Å². The first-order valence-corrected chi connectivity index (χ1v) is 9.71. The maximum atomic E-state index is 14.3. The second kappa shape index (κ2) is 8.71. The van der Waals surface area contributed by atoms with Gasteiger partial charge < -0.3 is 5.11 Å². The van der Waals surface area contributed by atoms with Crippen molar-refractivity contribution in [1.29, 1.82) is 0 Å². The Labute approximate surface area is 163 Å². The van der Waals surface area contributed by atoms with E-state index in [-0.39, 0.29) is 17.8 Å². The van der Waals surface area contributed by atoms with E-state index in [4.69, 9.17) is 5.11 Å². The van der Waals surface area contributed by atoms with E-state index in [2.05, 4.69) is 4.98 Å². The molecule has 1 atom stereocenters. The standard InChI is InChI=1S/C16H16F4N4O4S/c1-29(27,28)24(11-3-2-6-21-8-11)9-10-4-5-12(13(17)7-10)14(25)22-23-15(26)16(18,19)20/h2-8,15,23,26H,9H2,1H3,(H,22,25). The number of alkyl halides is 3. The number of halogens is 4. The lowest BCUT2D eigenvalue weighted by molar-refractivity contribution is -0.215. The number of nitrogens with one attached hydrogen (secondary N) is 2. The zero-order valence-electron chi connectivity index (χ0n) is 14.8. The van der Waals surface area contributed by atoms with Crippen LogP contribution >= 0.6 is 0 Å². The fourth-order valence-corrected chi connectivity index (χ4v) is 3.07.